The quantitative estimate of drug-likeness (QED) is 0.779. The van der Waals surface area contributed by atoms with Gasteiger partial charge < -0.3 is 5.11 Å². The van der Waals surface area contributed by atoms with Gasteiger partial charge in [-0.25, -0.2) is 0 Å². The number of alkyl halides is 3. The standard InChI is InChI=1S/C9H15F3O2S/c1-6(2)3-4-15-7(5-8(13)14)9(10,11)12/h6-7H,3-5H2,1-2H3,(H,13,14). The smallest absolute Gasteiger partial charge is 0.401 e. The number of thioether (sulfide) groups is 1. The molecule has 2 nitrogen and oxygen atoms in total. The minimum Gasteiger partial charge on any atom is -0.481 e. The molecule has 0 heterocycles. The van der Waals surface area contributed by atoms with Crippen LogP contribution in [-0.2, 0) is 4.79 Å². The van der Waals surface area contributed by atoms with Crippen LogP contribution in [0.1, 0.15) is 26.7 Å². The van der Waals surface area contributed by atoms with E-state index in [1.165, 1.54) is 0 Å². The van der Waals surface area contributed by atoms with Gasteiger partial charge in [-0.3, -0.25) is 4.79 Å². The van der Waals surface area contributed by atoms with Crippen molar-refractivity contribution in [1.82, 2.24) is 0 Å². The zero-order valence-corrected chi connectivity index (χ0v) is 9.49. The third-order valence-corrected chi connectivity index (χ3v) is 3.05. The van der Waals surface area contributed by atoms with E-state index in [1.54, 1.807) is 0 Å². The van der Waals surface area contributed by atoms with E-state index in [1.807, 2.05) is 13.8 Å². The van der Waals surface area contributed by atoms with Gasteiger partial charge in [-0.05, 0) is 18.1 Å². The zero-order valence-electron chi connectivity index (χ0n) is 8.67. The molecule has 0 rings (SSSR count). The summed E-state index contributed by atoms with van der Waals surface area (Å²) >= 11 is 0.679. The summed E-state index contributed by atoms with van der Waals surface area (Å²) in [5, 5.41) is 6.56. The minimum absolute atomic E-state index is 0.330. The molecular formula is C9H15F3O2S. The Balaban J connectivity index is 4.09. The third-order valence-electron chi connectivity index (χ3n) is 1.74. The highest BCUT2D eigenvalue weighted by molar-refractivity contribution is 8.00. The number of aliphatic carboxylic acids is 1. The van der Waals surface area contributed by atoms with Crippen molar-refractivity contribution in [2.24, 2.45) is 5.92 Å². The Morgan fingerprint density at radius 3 is 2.27 bits per heavy atom. The molecule has 0 aromatic rings. The number of hydrogen-bond acceptors (Lipinski definition) is 2. The molecule has 15 heavy (non-hydrogen) atoms. The Bertz CT molecular complexity index is 204. The van der Waals surface area contributed by atoms with E-state index < -0.39 is 23.8 Å². The van der Waals surface area contributed by atoms with Crippen LogP contribution in [0.15, 0.2) is 0 Å². The first-order chi connectivity index (χ1) is 6.73. The van der Waals surface area contributed by atoms with E-state index in [9.17, 15) is 18.0 Å². The first-order valence-electron chi connectivity index (χ1n) is 4.63. The molecule has 0 aliphatic carbocycles. The van der Waals surface area contributed by atoms with E-state index in [4.69, 9.17) is 5.11 Å². The SMILES string of the molecule is CC(C)CCSC(CC(=O)O)C(F)(F)F. The van der Waals surface area contributed by atoms with Gasteiger partial charge in [0.15, 0.2) is 0 Å². The summed E-state index contributed by atoms with van der Waals surface area (Å²) in [6, 6.07) is 0. The molecule has 90 valence electrons. The highest BCUT2D eigenvalue weighted by atomic mass is 32.2. The second kappa shape index (κ2) is 6.25. The van der Waals surface area contributed by atoms with Gasteiger partial charge in [0.1, 0.15) is 5.25 Å². The Morgan fingerprint density at radius 1 is 1.40 bits per heavy atom. The molecule has 0 aliphatic heterocycles. The zero-order chi connectivity index (χ0) is 12.1. The first-order valence-corrected chi connectivity index (χ1v) is 5.68. The summed E-state index contributed by atoms with van der Waals surface area (Å²) < 4.78 is 37.0. The molecule has 0 aromatic carbocycles. The second-order valence-corrected chi connectivity index (χ2v) is 4.99. The first kappa shape index (κ1) is 14.6. The van der Waals surface area contributed by atoms with Crippen molar-refractivity contribution in [3.8, 4) is 0 Å². The van der Waals surface area contributed by atoms with Crippen molar-refractivity contribution in [3.05, 3.63) is 0 Å². The van der Waals surface area contributed by atoms with Gasteiger partial charge in [0, 0.05) is 0 Å². The van der Waals surface area contributed by atoms with E-state index in [-0.39, 0.29) is 0 Å². The lowest BCUT2D eigenvalue weighted by Crippen LogP contribution is -2.28. The lowest BCUT2D eigenvalue weighted by atomic mass is 10.2. The molecule has 1 N–H and O–H groups in total. The summed E-state index contributed by atoms with van der Waals surface area (Å²) in [5.74, 6) is -0.736. The maximum atomic E-state index is 12.3. The largest absolute Gasteiger partial charge is 0.481 e. The summed E-state index contributed by atoms with van der Waals surface area (Å²) in [6.07, 6.45) is -4.62. The average molecular weight is 244 g/mol. The van der Waals surface area contributed by atoms with Crippen LogP contribution in [0, 0.1) is 5.92 Å². The normalized spacial score (nSPS) is 14.3. The highest BCUT2D eigenvalue weighted by Crippen LogP contribution is 2.33. The molecule has 0 saturated heterocycles. The van der Waals surface area contributed by atoms with Crippen LogP contribution in [0.3, 0.4) is 0 Å². The molecule has 0 spiro atoms. The molecule has 1 unspecified atom stereocenters. The third kappa shape index (κ3) is 7.53. The van der Waals surface area contributed by atoms with Crippen LogP contribution < -0.4 is 0 Å². The molecule has 0 radical (unpaired) electrons. The summed E-state index contributed by atoms with van der Waals surface area (Å²) in [6.45, 7) is 3.83. The van der Waals surface area contributed by atoms with E-state index in [0.717, 1.165) is 0 Å². The highest BCUT2D eigenvalue weighted by Gasteiger charge is 2.41. The van der Waals surface area contributed by atoms with Crippen molar-refractivity contribution >= 4 is 17.7 Å². The number of rotatable bonds is 6. The molecule has 0 saturated carbocycles. The van der Waals surface area contributed by atoms with Gasteiger partial charge in [-0.1, -0.05) is 13.8 Å². The number of hydrogen-bond donors (Lipinski definition) is 1. The van der Waals surface area contributed by atoms with Crippen molar-refractivity contribution in [3.63, 3.8) is 0 Å². The van der Waals surface area contributed by atoms with Crippen LogP contribution in [0.4, 0.5) is 13.2 Å². The van der Waals surface area contributed by atoms with Crippen LogP contribution in [-0.4, -0.2) is 28.3 Å². The monoisotopic (exact) mass is 244 g/mol. The number of carboxylic acid groups (broad SMARTS) is 1. The minimum atomic E-state index is -4.43. The van der Waals surface area contributed by atoms with Crippen molar-refractivity contribution in [2.75, 3.05) is 5.75 Å². The van der Waals surface area contributed by atoms with E-state index >= 15 is 0 Å². The second-order valence-electron chi connectivity index (χ2n) is 3.68. The van der Waals surface area contributed by atoms with Gasteiger partial charge >= 0.3 is 12.1 Å². The van der Waals surface area contributed by atoms with Crippen molar-refractivity contribution in [1.29, 1.82) is 0 Å². The Hall–Kier alpha value is -0.390. The van der Waals surface area contributed by atoms with Gasteiger partial charge in [-0.2, -0.15) is 13.2 Å². The number of halogens is 3. The van der Waals surface area contributed by atoms with Crippen LogP contribution in [0.25, 0.3) is 0 Å². The van der Waals surface area contributed by atoms with Crippen LogP contribution in [0.5, 0.6) is 0 Å². The summed E-state index contributed by atoms with van der Waals surface area (Å²) in [4.78, 5) is 10.2. The molecule has 6 heteroatoms. The fourth-order valence-electron chi connectivity index (χ4n) is 0.874. The Labute approximate surface area is 91.2 Å². The molecule has 0 amide bonds. The fraction of sp³-hybridized carbons (Fsp3) is 0.889. The average Bonchev–Trinajstić information content (AvgIpc) is 1.99. The van der Waals surface area contributed by atoms with E-state index in [2.05, 4.69) is 0 Å². The molecule has 0 aliphatic rings. The summed E-state index contributed by atoms with van der Waals surface area (Å²) in [5.41, 5.74) is 0. The lowest BCUT2D eigenvalue weighted by molar-refractivity contribution is -0.149. The van der Waals surface area contributed by atoms with Gasteiger partial charge in [0.2, 0.25) is 0 Å². The Kier molecular flexibility index (Phi) is 6.09. The maximum Gasteiger partial charge on any atom is 0.401 e. The van der Waals surface area contributed by atoms with Crippen LogP contribution in [0.2, 0.25) is 0 Å². The topological polar surface area (TPSA) is 37.3 Å². The van der Waals surface area contributed by atoms with E-state index in [0.29, 0.717) is 29.9 Å². The fourth-order valence-corrected chi connectivity index (χ4v) is 2.22. The molecule has 0 bridgehead atoms. The molecular weight excluding hydrogens is 229 g/mol. The summed E-state index contributed by atoms with van der Waals surface area (Å²) in [7, 11) is 0. The predicted molar refractivity (Wildman–Crippen MR) is 54.0 cm³/mol. The van der Waals surface area contributed by atoms with Gasteiger partial charge in [0.05, 0.1) is 6.42 Å². The number of carboxylic acids is 1. The van der Waals surface area contributed by atoms with Crippen molar-refractivity contribution < 1.29 is 23.1 Å². The lowest BCUT2D eigenvalue weighted by Gasteiger charge is -2.18. The van der Waals surface area contributed by atoms with Crippen LogP contribution >= 0.6 is 11.8 Å². The van der Waals surface area contributed by atoms with Gasteiger partial charge in [0.25, 0.3) is 0 Å². The molecule has 0 aromatic heterocycles. The predicted octanol–water partition coefficient (Wildman–Crippen LogP) is 3.17. The van der Waals surface area contributed by atoms with Crippen molar-refractivity contribution in [2.45, 2.75) is 38.1 Å². The molecule has 1 atom stereocenters. The molecule has 0 fully saturated rings. The van der Waals surface area contributed by atoms with Gasteiger partial charge in [-0.15, -0.1) is 11.8 Å². The Morgan fingerprint density at radius 2 is 1.93 bits per heavy atom. The maximum absolute atomic E-state index is 12.3. The number of carbonyl (C=O) groups is 1.